The van der Waals surface area contributed by atoms with E-state index >= 15 is 0 Å². The first-order chi connectivity index (χ1) is 17.7. The first kappa shape index (κ1) is 23.4. The van der Waals surface area contributed by atoms with Crippen molar-refractivity contribution in [1.82, 2.24) is 15.1 Å². The number of nitrogens with zero attached hydrogens (tertiary/aromatic N) is 4. The quantitative estimate of drug-likeness (QED) is 0.358. The molecule has 0 saturated carbocycles. The summed E-state index contributed by atoms with van der Waals surface area (Å²) >= 11 is 0. The van der Waals surface area contributed by atoms with Crippen molar-refractivity contribution in [3.05, 3.63) is 96.6 Å². The van der Waals surface area contributed by atoms with Gasteiger partial charge in [0.1, 0.15) is 17.2 Å². The molecule has 182 valence electrons. The van der Waals surface area contributed by atoms with Gasteiger partial charge in [0.05, 0.1) is 17.9 Å². The number of aromatic nitrogens is 2. The molecule has 5 rings (SSSR count). The number of ether oxygens (including phenoxy) is 2. The smallest absolute Gasteiger partial charge is 0.257 e. The number of anilines is 1. The zero-order valence-electron chi connectivity index (χ0n) is 20.2. The molecular formula is C29H28N4O3. The van der Waals surface area contributed by atoms with Crippen molar-refractivity contribution >= 4 is 11.7 Å². The number of amides is 1. The maximum atomic E-state index is 13.3. The molecule has 1 amide bonds. The van der Waals surface area contributed by atoms with Gasteiger partial charge in [0.2, 0.25) is 0 Å². The lowest BCUT2D eigenvalue weighted by molar-refractivity contribution is 0.0744. The largest absolute Gasteiger partial charge is 0.494 e. The molecule has 1 fully saturated rings. The molecule has 7 nitrogen and oxygen atoms in total. The third-order valence-corrected chi connectivity index (χ3v) is 6.09. The molecular weight excluding hydrogens is 452 g/mol. The maximum Gasteiger partial charge on any atom is 0.257 e. The van der Waals surface area contributed by atoms with Gasteiger partial charge >= 0.3 is 0 Å². The minimum atomic E-state index is -0.0295. The van der Waals surface area contributed by atoms with Gasteiger partial charge in [-0.2, -0.15) is 0 Å². The Morgan fingerprint density at radius 3 is 2.19 bits per heavy atom. The van der Waals surface area contributed by atoms with E-state index in [4.69, 9.17) is 9.47 Å². The normalized spacial score (nSPS) is 13.4. The summed E-state index contributed by atoms with van der Waals surface area (Å²) in [7, 11) is 0. The third kappa shape index (κ3) is 5.30. The molecule has 0 N–H and O–H groups in total. The summed E-state index contributed by atoms with van der Waals surface area (Å²) in [5.41, 5.74) is 2.37. The summed E-state index contributed by atoms with van der Waals surface area (Å²) in [6.07, 6.45) is 0. The van der Waals surface area contributed by atoms with E-state index in [-0.39, 0.29) is 5.91 Å². The molecule has 1 aliphatic rings. The van der Waals surface area contributed by atoms with Crippen molar-refractivity contribution in [2.45, 2.75) is 6.92 Å². The van der Waals surface area contributed by atoms with Gasteiger partial charge in [-0.05, 0) is 67.6 Å². The van der Waals surface area contributed by atoms with E-state index in [1.54, 1.807) is 0 Å². The fraction of sp³-hybridized carbons (Fsp3) is 0.207. The van der Waals surface area contributed by atoms with Crippen molar-refractivity contribution in [2.24, 2.45) is 0 Å². The lowest BCUT2D eigenvalue weighted by atomic mass is 10.1. The number of hydrogen-bond donors (Lipinski definition) is 0. The molecule has 3 aromatic carbocycles. The number of para-hydroxylation sites is 2. The minimum Gasteiger partial charge on any atom is -0.494 e. The second kappa shape index (κ2) is 10.9. The number of carbonyl (C=O) groups excluding carboxylic acids is 1. The van der Waals surface area contributed by atoms with Gasteiger partial charge in [0.25, 0.3) is 5.91 Å². The van der Waals surface area contributed by atoms with Gasteiger partial charge in [-0.3, -0.25) is 4.79 Å². The van der Waals surface area contributed by atoms with E-state index < -0.39 is 0 Å². The van der Waals surface area contributed by atoms with E-state index in [1.165, 1.54) is 0 Å². The van der Waals surface area contributed by atoms with Crippen LogP contribution in [0.1, 0.15) is 17.3 Å². The summed E-state index contributed by atoms with van der Waals surface area (Å²) in [4.78, 5) is 17.3. The van der Waals surface area contributed by atoms with Gasteiger partial charge in [-0.15, -0.1) is 10.2 Å². The molecule has 0 aliphatic carbocycles. The van der Waals surface area contributed by atoms with Crippen LogP contribution in [0.25, 0.3) is 11.3 Å². The van der Waals surface area contributed by atoms with E-state index in [0.717, 1.165) is 22.8 Å². The van der Waals surface area contributed by atoms with Crippen molar-refractivity contribution in [2.75, 3.05) is 37.7 Å². The van der Waals surface area contributed by atoms with Crippen LogP contribution in [0.5, 0.6) is 17.2 Å². The standard InChI is InChI=1S/C29H28N4O3/c1-2-35-23-14-12-22(13-15-23)26-16-17-28(31-30-26)32-18-20-33(21-19-32)29(34)25-10-6-7-11-27(25)36-24-8-4-3-5-9-24/h3-17H,2,18-21H2,1H3. The predicted molar refractivity (Wildman–Crippen MR) is 140 cm³/mol. The molecule has 0 atom stereocenters. The van der Waals surface area contributed by atoms with Crippen molar-refractivity contribution in [1.29, 1.82) is 0 Å². The Bertz CT molecular complexity index is 1290. The highest BCUT2D eigenvalue weighted by Gasteiger charge is 2.25. The number of hydrogen-bond acceptors (Lipinski definition) is 6. The average Bonchev–Trinajstić information content (AvgIpc) is 2.94. The Hall–Kier alpha value is -4.39. The summed E-state index contributed by atoms with van der Waals surface area (Å²) < 4.78 is 11.5. The fourth-order valence-electron chi connectivity index (χ4n) is 4.19. The molecule has 4 aromatic rings. The Kier molecular flexibility index (Phi) is 7.07. The first-order valence-electron chi connectivity index (χ1n) is 12.1. The van der Waals surface area contributed by atoms with Crippen molar-refractivity contribution in [3.8, 4) is 28.5 Å². The van der Waals surface area contributed by atoms with Gasteiger partial charge < -0.3 is 19.3 Å². The highest BCUT2D eigenvalue weighted by atomic mass is 16.5. The van der Waals surface area contributed by atoms with Crippen LogP contribution >= 0.6 is 0 Å². The van der Waals surface area contributed by atoms with Crippen LogP contribution in [0.4, 0.5) is 5.82 Å². The van der Waals surface area contributed by atoms with Crippen LogP contribution in [0.15, 0.2) is 91.0 Å². The van der Waals surface area contributed by atoms with E-state index in [0.29, 0.717) is 49.8 Å². The number of benzene rings is 3. The predicted octanol–water partition coefficient (Wildman–Crippen LogP) is 5.30. The summed E-state index contributed by atoms with van der Waals surface area (Å²) in [6, 6.07) is 28.7. The molecule has 1 aromatic heterocycles. The summed E-state index contributed by atoms with van der Waals surface area (Å²) in [5.74, 6) is 2.89. The number of carbonyl (C=O) groups is 1. The Morgan fingerprint density at radius 2 is 1.50 bits per heavy atom. The van der Waals surface area contributed by atoms with Crippen LogP contribution in [-0.4, -0.2) is 53.8 Å². The van der Waals surface area contributed by atoms with Gasteiger partial charge in [0, 0.05) is 31.7 Å². The molecule has 36 heavy (non-hydrogen) atoms. The van der Waals surface area contributed by atoms with Crippen molar-refractivity contribution in [3.63, 3.8) is 0 Å². The van der Waals surface area contributed by atoms with Crippen molar-refractivity contribution < 1.29 is 14.3 Å². The molecule has 1 saturated heterocycles. The van der Waals surface area contributed by atoms with Crippen LogP contribution in [0, 0.1) is 0 Å². The van der Waals surface area contributed by atoms with Crippen LogP contribution in [0.3, 0.4) is 0 Å². The second-order valence-corrected chi connectivity index (χ2v) is 8.42. The fourth-order valence-corrected chi connectivity index (χ4v) is 4.19. The lowest BCUT2D eigenvalue weighted by Gasteiger charge is -2.35. The summed E-state index contributed by atoms with van der Waals surface area (Å²) in [6.45, 7) is 5.17. The Labute approximate surface area is 210 Å². The summed E-state index contributed by atoms with van der Waals surface area (Å²) in [5, 5.41) is 8.87. The van der Waals surface area contributed by atoms with Gasteiger partial charge in [0.15, 0.2) is 5.82 Å². The maximum absolute atomic E-state index is 13.3. The monoisotopic (exact) mass is 480 g/mol. The van der Waals surface area contributed by atoms with Crippen LogP contribution in [-0.2, 0) is 0 Å². The zero-order valence-corrected chi connectivity index (χ0v) is 20.2. The molecule has 0 radical (unpaired) electrons. The highest BCUT2D eigenvalue weighted by molar-refractivity contribution is 5.97. The van der Waals surface area contributed by atoms with E-state index in [2.05, 4.69) is 15.1 Å². The Balaban J connectivity index is 1.21. The molecule has 0 bridgehead atoms. The zero-order chi connectivity index (χ0) is 24.7. The third-order valence-electron chi connectivity index (χ3n) is 6.09. The molecule has 0 unspecified atom stereocenters. The van der Waals surface area contributed by atoms with Crippen LogP contribution in [0.2, 0.25) is 0 Å². The molecule has 0 spiro atoms. The number of rotatable bonds is 7. The SMILES string of the molecule is CCOc1ccc(-c2ccc(N3CCN(C(=O)c4ccccc4Oc4ccccc4)CC3)nn2)cc1. The minimum absolute atomic E-state index is 0.0295. The molecule has 1 aliphatic heterocycles. The van der Waals surface area contributed by atoms with Crippen LogP contribution < -0.4 is 14.4 Å². The number of piperazine rings is 1. The molecule has 2 heterocycles. The van der Waals surface area contributed by atoms with Gasteiger partial charge in [-0.1, -0.05) is 30.3 Å². The van der Waals surface area contributed by atoms with Gasteiger partial charge in [-0.25, -0.2) is 0 Å². The second-order valence-electron chi connectivity index (χ2n) is 8.42. The molecule has 7 heteroatoms. The highest BCUT2D eigenvalue weighted by Crippen LogP contribution is 2.27. The average molecular weight is 481 g/mol. The topological polar surface area (TPSA) is 67.8 Å². The lowest BCUT2D eigenvalue weighted by Crippen LogP contribution is -2.49. The Morgan fingerprint density at radius 1 is 0.778 bits per heavy atom. The van der Waals surface area contributed by atoms with E-state index in [1.807, 2.05) is 103 Å². The first-order valence-corrected chi connectivity index (χ1v) is 12.1. The van der Waals surface area contributed by atoms with E-state index in [9.17, 15) is 4.79 Å².